The molecule has 0 aliphatic carbocycles. The number of esters is 1. The second-order valence-corrected chi connectivity index (χ2v) is 4.07. The zero-order valence-corrected chi connectivity index (χ0v) is 12.6. The van der Waals surface area contributed by atoms with Crippen molar-refractivity contribution in [3.05, 3.63) is 60.8 Å². The van der Waals surface area contributed by atoms with Gasteiger partial charge >= 0.3 is 5.97 Å². The second-order valence-electron chi connectivity index (χ2n) is 4.07. The van der Waals surface area contributed by atoms with Crippen molar-refractivity contribution in [2.24, 2.45) is 0 Å². The molecule has 4 nitrogen and oxygen atoms in total. The van der Waals surface area contributed by atoms with Crippen LogP contribution in [-0.4, -0.2) is 32.1 Å². The lowest BCUT2D eigenvalue weighted by atomic mass is 9.98. The third kappa shape index (κ3) is 8.55. The number of rotatable bonds is 10. The molecule has 0 N–H and O–H groups in total. The van der Waals surface area contributed by atoms with Gasteiger partial charge in [0.25, 0.3) is 0 Å². The molecule has 0 heterocycles. The normalized spacial score (nSPS) is 12.3. The first-order valence-corrected chi connectivity index (χ1v) is 6.53. The Morgan fingerprint density at radius 1 is 1.10 bits per heavy atom. The zero-order valence-electron chi connectivity index (χ0n) is 12.6. The lowest BCUT2D eigenvalue weighted by Gasteiger charge is -2.10. The van der Waals surface area contributed by atoms with Crippen LogP contribution in [0.3, 0.4) is 0 Å². The summed E-state index contributed by atoms with van der Waals surface area (Å²) in [6, 6.07) is 0. The lowest BCUT2D eigenvalue weighted by molar-refractivity contribution is -0.144. The van der Waals surface area contributed by atoms with Crippen LogP contribution in [0.25, 0.3) is 0 Å². The monoisotopic (exact) mass is 290 g/mol. The highest BCUT2D eigenvalue weighted by atomic mass is 16.5. The Bertz CT molecular complexity index is 467. The Morgan fingerprint density at radius 3 is 2.33 bits per heavy atom. The van der Waals surface area contributed by atoms with E-state index in [0.717, 1.165) is 5.57 Å². The Morgan fingerprint density at radius 2 is 1.81 bits per heavy atom. The fourth-order valence-electron chi connectivity index (χ4n) is 1.51. The van der Waals surface area contributed by atoms with Gasteiger partial charge in [-0.15, -0.1) is 0 Å². The van der Waals surface area contributed by atoms with Gasteiger partial charge < -0.3 is 9.47 Å². The van der Waals surface area contributed by atoms with E-state index >= 15 is 0 Å². The number of ketones is 1. The maximum atomic E-state index is 12.2. The SMILES string of the molecule is C=C\C=C/C=C(CCOC)/C(=C\C=C)C(=O)COC(C)=O. The summed E-state index contributed by atoms with van der Waals surface area (Å²) >= 11 is 0. The van der Waals surface area contributed by atoms with Crippen LogP contribution in [0.2, 0.25) is 0 Å². The predicted molar refractivity (Wildman–Crippen MR) is 83.8 cm³/mol. The highest BCUT2D eigenvalue weighted by molar-refractivity contribution is 6.01. The molecule has 0 aliphatic rings. The molecule has 0 fully saturated rings. The lowest BCUT2D eigenvalue weighted by Crippen LogP contribution is -2.15. The number of ether oxygens (including phenoxy) is 2. The molecular weight excluding hydrogens is 268 g/mol. The summed E-state index contributed by atoms with van der Waals surface area (Å²) in [5.74, 6) is -0.769. The first kappa shape index (κ1) is 18.8. The van der Waals surface area contributed by atoms with Crippen molar-refractivity contribution in [2.75, 3.05) is 20.3 Å². The molecule has 0 atom stereocenters. The number of carbonyl (C=O) groups is 2. The van der Waals surface area contributed by atoms with E-state index in [9.17, 15) is 9.59 Å². The topological polar surface area (TPSA) is 52.6 Å². The first-order chi connectivity index (χ1) is 10.1. The second kappa shape index (κ2) is 11.6. The summed E-state index contributed by atoms with van der Waals surface area (Å²) < 4.78 is 9.81. The van der Waals surface area contributed by atoms with Gasteiger partial charge in [0.2, 0.25) is 5.78 Å². The minimum atomic E-state index is -0.490. The van der Waals surface area contributed by atoms with Crippen molar-refractivity contribution in [2.45, 2.75) is 13.3 Å². The van der Waals surface area contributed by atoms with Crippen LogP contribution in [0.15, 0.2) is 60.8 Å². The van der Waals surface area contributed by atoms with Gasteiger partial charge in [0.15, 0.2) is 6.61 Å². The molecule has 0 saturated heterocycles. The molecule has 0 amide bonds. The largest absolute Gasteiger partial charge is 0.457 e. The standard InChI is InChI=1S/C17H22O4/c1-5-7-8-10-15(11-12-20-4)16(9-6-2)17(19)13-21-14(3)18/h5-10H,1-2,11-13H2,3-4H3/b8-7-,15-10+,16-9+. The van der Waals surface area contributed by atoms with Crippen LogP contribution in [0.5, 0.6) is 0 Å². The summed E-state index contributed by atoms with van der Waals surface area (Å²) in [5.41, 5.74) is 1.24. The van der Waals surface area contributed by atoms with Crippen molar-refractivity contribution in [1.82, 2.24) is 0 Å². The van der Waals surface area contributed by atoms with E-state index in [1.165, 1.54) is 13.0 Å². The first-order valence-electron chi connectivity index (χ1n) is 6.53. The molecule has 21 heavy (non-hydrogen) atoms. The molecule has 114 valence electrons. The van der Waals surface area contributed by atoms with Gasteiger partial charge in [0.1, 0.15) is 0 Å². The summed E-state index contributed by atoms with van der Waals surface area (Å²) in [7, 11) is 1.59. The van der Waals surface area contributed by atoms with Crippen molar-refractivity contribution >= 4 is 11.8 Å². The van der Waals surface area contributed by atoms with Crippen LogP contribution in [0.4, 0.5) is 0 Å². The summed E-state index contributed by atoms with van der Waals surface area (Å²) in [4.78, 5) is 23.0. The molecule has 0 aromatic heterocycles. The summed E-state index contributed by atoms with van der Waals surface area (Å²) in [5, 5.41) is 0. The molecule has 0 aromatic rings. The fraction of sp³-hybridized carbons (Fsp3) is 0.294. The van der Waals surface area contributed by atoms with Gasteiger partial charge in [0.05, 0.1) is 6.61 Å². The molecule has 0 saturated carbocycles. The Kier molecular flexibility index (Phi) is 10.4. The van der Waals surface area contributed by atoms with Gasteiger partial charge in [0, 0.05) is 19.6 Å². The van der Waals surface area contributed by atoms with Gasteiger partial charge in [-0.3, -0.25) is 9.59 Å². The molecule has 0 aromatic carbocycles. The van der Waals surface area contributed by atoms with E-state index in [1.807, 2.05) is 6.08 Å². The minimum absolute atomic E-state index is 0.278. The maximum absolute atomic E-state index is 12.2. The smallest absolute Gasteiger partial charge is 0.303 e. The van der Waals surface area contributed by atoms with Crippen LogP contribution in [-0.2, 0) is 19.1 Å². The van der Waals surface area contributed by atoms with E-state index in [0.29, 0.717) is 18.6 Å². The Hall–Kier alpha value is -2.20. The average Bonchev–Trinajstić information content (AvgIpc) is 2.46. The van der Waals surface area contributed by atoms with Crippen molar-refractivity contribution in [3.63, 3.8) is 0 Å². The van der Waals surface area contributed by atoms with Gasteiger partial charge in [-0.2, -0.15) is 0 Å². The van der Waals surface area contributed by atoms with E-state index in [1.54, 1.807) is 31.4 Å². The number of allylic oxidation sites excluding steroid dienone is 6. The predicted octanol–water partition coefficient (Wildman–Crippen LogP) is 2.94. The maximum Gasteiger partial charge on any atom is 0.303 e. The van der Waals surface area contributed by atoms with E-state index < -0.39 is 5.97 Å². The molecular formula is C17H22O4. The minimum Gasteiger partial charge on any atom is -0.457 e. The molecule has 0 rings (SSSR count). The summed E-state index contributed by atoms with van der Waals surface area (Å²) in [6.07, 6.45) is 10.7. The molecule has 0 spiro atoms. The van der Waals surface area contributed by atoms with Crippen LogP contribution < -0.4 is 0 Å². The number of hydrogen-bond donors (Lipinski definition) is 0. The molecule has 4 heteroatoms. The number of Topliss-reactive ketones (excluding diaryl/α,β-unsaturated/α-hetero) is 1. The number of carbonyl (C=O) groups excluding carboxylic acids is 2. The zero-order chi connectivity index (χ0) is 16.1. The van der Waals surface area contributed by atoms with Gasteiger partial charge in [-0.05, 0) is 12.0 Å². The third-order valence-corrected chi connectivity index (χ3v) is 2.46. The molecule has 0 aliphatic heterocycles. The summed E-state index contributed by atoms with van der Waals surface area (Å²) in [6.45, 7) is 8.65. The third-order valence-electron chi connectivity index (χ3n) is 2.46. The quantitative estimate of drug-likeness (QED) is 0.353. The van der Waals surface area contributed by atoms with Crippen LogP contribution in [0, 0.1) is 0 Å². The van der Waals surface area contributed by atoms with E-state index in [-0.39, 0.29) is 12.4 Å². The molecule has 0 radical (unpaired) electrons. The van der Waals surface area contributed by atoms with Crippen molar-refractivity contribution < 1.29 is 19.1 Å². The average molecular weight is 290 g/mol. The highest BCUT2D eigenvalue weighted by Crippen LogP contribution is 2.17. The molecule has 0 unspecified atom stereocenters. The number of hydrogen-bond acceptors (Lipinski definition) is 4. The Labute approximate surface area is 126 Å². The fourth-order valence-corrected chi connectivity index (χ4v) is 1.51. The van der Waals surface area contributed by atoms with Crippen molar-refractivity contribution in [3.8, 4) is 0 Å². The number of methoxy groups -OCH3 is 1. The van der Waals surface area contributed by atoms with E-state index in [2.05, 4.69) is 13.2 Å². The highest BCUT2D eigenvalue weighted by Gasteiger charge is 2.14. The van der Waals surface area contributed by atoms with Gasteiger partial charge in [-0.25, -0.2) is 0 Å². The van der Waals surface area contributed by atoms with Crippen LogP contribution >= 0.6 is 0 Å². The molecule has 0 bridgehead atoms. The Balaban J connectivity index is 5.26. The van der Waals surface area contributed by atoms with E-state index in [4.69, 9.17) is 9.47 Å². The van der Waals surface area contributed by atoms with Gasteiger partial charge in [-0.1, -0.05) is 49.6 Å². The van der Waals surface area contributed by atoms with Crippen LogP contribution in [0.1, 0.15) is 13.3 Å². The van der Waals surface area contributed by atoms with Crippen molar-refractivity contribution in [1.29, 1.82) is 0 Å².